The molecule has 0 fully saturated rings. The lowest BCUT2D eigenvalue weighted by molar-refractivity contribution is -0.124. The van der Waals surface area contributed by atoms with Crippen molar-refractivity contribution in [3.8, 4) is 5.75 Å². The molecule has 0 atom stereocenters. The van der Waals surface area contributed by atoms with Gasteiger partial charge in [0.25, 0.3) is 5.91 Å². The molecule has 3 aromatic rings. The summed E-state index contributed by atoms with van der Waals surface area (Å²) in [5.74, 6) is -0.221. The third kappa shape index (κ3) is 4.32. The quantitative estimate of drug-likeness (QED) is 0.684. The number of ether oxygens (including phenoxy) is 2. The van der Waals surface area contributed by atoms with Crippen molar-refractivity contribution in [2.45, 2.75) is 6.54 Å². The Morgan fingerprint density at radius 3 is 2.46 bits per heavy atom. The molecule has 26 heavy (non-hydrogen) atoms. The highest BCUT2D eigenvalue weighted by Crippen LogP contribution is 2.12. The van der Waals surface area contributed by atoms with E-state index in [0.717, 1.165) is 11.3 Å². The Morgan fingerprint density at radius 1 is 1.00 bits per heavy atom. The van der Waals surface area contributed by atoms with E-state index in [4.69, 9.17) is 9.47 Å². The van der Waals surface area contributed by atoms with Crippen LogP contribution in [0.15, 0.2) is 54.9 Å². The van der Waals surface area contributed by atoms with Crippen LogP contribution in [0.2, 0.25) is 0 Å². The van der Waals surface area contributed by atoms with E-state index in [1.165, 1.54) is 0 Å². The number of carbonyl (C=O) groups is 2. The summed E-state index contributed by atoms with van der Waals surface area (Å²) in [4.78, 5) is 32.2. The summed E-state index contributed by atoms with van der Waals surface area (Å²) in [7, 11) is 1.59. The number of rotatable bonds is 6. The SMILES string of the molecule is COc1ccc(CNC(=O)COC(=O)c2ccc3nccnc3c2)cc1. The van der Waals surface area contributed by atoms with Gasteiger partial charge in [-0.3, -0.25) is 14.8 Å². The van der Waals surface area contributed by atoms with Crippen LogP contribution in [-0.2, 0) is 16.1 Å². The van der Waals surface area contributed by atoms with Crippen molar-refractivity contribution in [1.82, 2.24) is 15.3 Å². The lowest BCUT2D eigenvalue weighted by Gasteiger charge is -2.08. The topological polar surface area (TPSA) is 90.4 Å². The second-order valence-electron chi connectivity index (χ2n) is 5.46. The summed E-state index contributed by atoms with van der Waals surface area (Å²) in [5.41, 5.74) is 2.51. The van der Waals surface area contributed by atoms with E-state index in [9.17, 15) is 9.59 Å². The normalized spacial score (nSPS) is 10.3. The van der Waals surface area contributed by atoms with Gasteiger partial charge in [-0.1, -0.05) is 12.1 Å². The smallest absolute Gasteiger partial charge is 0.338 e. The first-order valence-corrected chi connectivity index (χ1v) is 7.93. The summed E-state index contributed by atoms with van der Waals surface area (Å²) >= 11 is 0. The lowest BCUT2D eigenvalue weighted by atomic mass is 10.2. The Kier molecular flexibility index (Phi) is 5.38. The Hall–Kier alpha value is -3.48. The van der Waals surface area contributed by atoms with Gasteiger partial charge in [0.1, 0.15) is 5.75 Å². The number of esters is 1. The number of aromatic nitrogens is 2. The maximum atomic E-state index is 12.1. The third-order valence-electron chi connectivity index (χ3n) is 3.69. The highest BCUT2D eigenvalue weighted by Gasteiger charge is 2.11. The minimum absolute atomic E-state index is 0.320. The van der Waals surface area contributed by atoms with Crippen LogP contribution in [0.1, 0.15) is 15.9 Å². The predicted molar refractivity (Wildman–Crippen MR) is 94.7 cm³/mol. The predicted octanol–water partition coefficient (Wildman–Crippen LogP) is 2.11. The molecule has 0 unspecified atom stereocenters. The number of methoxy groups -OCH3 is 1. The average Bonchev–Trinajstić information content (AvgIpc) is 2.70. The van der Waals surface area contributed by atoms with Gasteiger partial charge in [0.15, 0.2) is 6.61 Å². The molecule has 3 rings (SSSR count). The van der Waals surface area contributed by atoms with Crippen LogP contribution in [0.5, 0.6) is 5.75 Å². The zero-order valence-electron chi connectivity index (χ0n) is 14.1. The van der Waals surface area contributed by atoms with Gasteiger partial charge in [-0.25, -0.2) is 4.79 Å². The van der Waals surface area contributed by atoms with Crippen molar-refractivity contribution >= 4 is 22.9 Å². The number of nitrogens with one attached hydrogen (secondary N) is 1. The monoisotopic (exact) mass is 351 g/mol. The highest BCUT2D eigenvalue weighted by molar-refractivity contribution is 5.94. The Labute approximate surface area is 150 Å². The van der Waals surface area contributed by atoms with Crippen molar-refractivity contribution in [3.63, 3.8) is 0 Å². The molecule has 0 saturated heterocycles. The van der Waals surface area contributed by atoms with Crippen LogP contribution in [-0.4, -0.2) is 35.6 Å². The molecule has 2 aromatic carbocycles. The fourth-order valence-electron chi connectivity index (χ4n) is 2.30. The van der Waals surface area contributed by atoms with E-state index in [0.29, 0.717) is 23.1 Å². The second kappa shape index (κ2) is 8.06. The molecule has 0 aliphatic heterocycles. The average molecular weight is 351 g/mol. The van der Waals surface area contributed by atoms with Crippen LogP contribution in [0.4, 0.5) is 0 Å². The Morgan fingerprint density at radius 2 is 1.73 bits per heavy atom. The fourth-order valence-corrected chi connectivity index (χ4v) is 2.30. The van der Waals surface area contributed by atoms with Gasteiger partial charge in [-0.15, -0.1) is 0 Å². The van der Waals surface area contributed by atoms with Crippen molar-refractivity contribution in [2.75, 3.05) is 13.7 Å². The summed E-state index contributed by atoms with van der Waals surface area (Å²) in [6, 6.07) is 12.2. The zero-order valence-corrected chi connectivity index (χ0v) is 14.1. The molecule has 1 N–H and O–H groups in total. The number of amides is 1. The molecule has 0 aliphatic carbocycles. The van der Waals surface area contributed by atoms with E-state index in [1.54, 1.807) is 37.7 Å². The summed E-state index contributed by atoms with van der Waals surface area (Å²) in [6.07, 6.45) is 3.12. The number of benzene rings is 2. The maximum Gasteiger partial charge on any atom is 0.338 e. The van der Waals surface area contributed by atoms with Crippen molar-refractivity contribution in [2.24, 2.45) is 0 Å². The number of hydrogen-bond acceptors (Lipinski definition) is 6. The molecule has 1 amide bonds. The van der Waals surface area contributed by atoms with E-state index in [1.807, 2.05) is 24.3 Å². The molecular weight excluding hydrogens is 334 g/mol. The van der Waals surface area contributed by atoms with Gasteiger partial charge in [0, 0.05) is 18.9 Å². The van der Waals surface area contributed by atoms with Crippen LogP contribution >= 0.6 is 0 Å². The van der Waals surface area contributed by atoms with Gasteiger partial charge in [0.2, 0.25) is 0 Å². The maximum absolute atomic E-state index is 12.1. The third-order valence-corrected chi connectivity index (χ3v) is 3.69. The first kappa shape index (κ1) is 17.3. The molecule has 0 spiro atoms. The van der Waals surface area contributed by atoms with Crippen molar-refractivity contribution in [3.05, 3.63) is 66.0 Å². The van der Waals surface area contributed by atoms with Gasteiger partial charge >= 0.3 is 5.97 Å². The van der Waals surface area contributed by atoms with Gasteiger partial charge in [-0.2, -0.15) is 0 Å². The molecule has 0 bridgehead atoms. The summed E-state index contributed by atoms with van der Waals surface area (Å²) in [5, 5.41) is 2.69. The molecule has 0 aliphatic rings. The van der Waals surface area contributed by atoms with Crippen molar-refractivity contribution in [1.29, 1.82) is 0 Å². The summed E-state index contributed by atoms with van der Waals surface area (Å²) in [6.45, 7) is -0.0144. The van der Waals surface area contributed by atoms with E-state index >= 15 is 0 Å². The molecule has 1 aromatic heterocycles. The minimum atomic E-state index is -0.586. The highest BCUT2D eigenvalue weighted by atomic mass is 16.5. The molecule has 0 saturated carbocycles. The molecule has 132 valence electrons. The van der Waals surface area contributed by atoms with E-state index in [-0.39, 0.29) is 12.5 Å². The van der Waals surface area contributed by atoms with Gasteiger partial charge < -0.3 is 14.8 Å². The zero-order chi connectivity index (χ0) is 18.4. The Bertz CT molecular complexity index is 925. The van der Waals surface area contributed by atoms with Gasteiger partial charge in [0.05, 0.1) is 23.7 Å². The molecular formula is C19H17N3O4. The van der Waals surface area contributed by atoms with Crippen LogP contribution in [0.3, 0.4) is 0 Å². The van der Waals surface area contributed by atoms with E-state index in [2.05, 4.69) is 15.3 Å². The number of carbonyl (C=O) groups excluding carboxylic acids is 2. The lowest BCUT2D eigenvalue weighted by Crippen LogP contribution is -2.28. The number of nitrogens with zero attached hydrogens (tertiary/aromatic N) is 2. The molecule has 7 nitrogen and oxygen atoms in total. The molecule has 7 heteroatoms. The van der Waals surface area contributed by atoms with Crippen LogP contribution in [0.25, 0.3) is 11.0 Å². The summed E-state index contributed by atoms with van der Waals surface area (Å²) < 4.78 is 10.1. The first-order valence-electron chi connectivity index (χ1n) is 7.93. The largest absolute Gasteiger partial charge is 0.497 e. The first-order chi connectivity index (χ1) is 12.7. The van der Waals surface area contributed by atoms with Gasteiger partial charge in [-0.05, 0) is 35.9 Å². The molecule has 1 heterocycles. The Balaban J connectivity index is 1.50. The van der Waals surface area contributed by atoms with Crippen molar-refractivity contribution < 1.29 is 19.1 Å². The fraction of sp³-hybridized carbons (Fsp3) is 0.158. The van der Waals surface area contributed by atoms with E-state index < -0.39 is 5.97 Å². The minimum Gasteiger partial charge on any atom is -0.497 e. The second-order valence-corrected chi connectivity index (χ2v) is 5.46. The van der Waals surface area contributed by atoms with Crippen LogP contribution < -0.4 is 10.1 Å². The number of hydrogen-bond donors (Lipinski definition) is 1. The standard InChI is InChI=1S/C19H17N3O4/c1-25-15-5-2-13(3-6-15)11-22-18(23)12-26-19(24)14-4-7-16-17(10-14)21-9-8-20-16/h2-10H,11-12H2,1H3,(H,22,23). The van der Waals surface area contributed by atoms with Crippen LogP contribution in [0, 0.1) is 0 Å². The molecule has 0 radical (unpaired) electrons. The number of fused-ring (bicyclic) bond motifs is 1.